The molecular formula is C21H26ClN3O5S2. The average Bonchev–Trinajstić information content (AvgIpc) is 3.27. The van der Waals surface area contributed by atoms with E-state index in [1.807, 2.05) is 0 Å². The van der Waals surface area contributed by atoms with Crippen LogP contribution in [-0.2, 0) is 24.8 Å². The number of halogens is 1. The van der Waals surface area contributed by atoms with Crippen LogP contribution in [0.3, 0.4) is 0 Å². The number of amides is 1. The third kappa shape index (κ3) is 5.43. The Morgan fingerprint density at radius 2 is 1.72 bits per heavy atom. The fourth-order valence-corrected chi connectivity index (χ4v) is 6.59. The molecule has 0 spiro atoms. The zero-order chi connectivity index (χ0) is 23.5. The molecule has 1 unspecified atom stereocenters. The molecule has 1 atom stereocenters. The van der Waals surface area contributed by atoms with Crippen molar-refractivity contribution in [3.63, 3.8) is 0 Å². The van der Waals surface area contributed by atoms with Crippen molar-refractivity contribution in [2.45, 2.75) is 37.1 Å². The molecule has 2 aromatic carbocycles. The maximum absolute atomic E-state index is 13.0. The number of nitrogens with zero attached hydrogens (tertiary/aromatic N) is 2. The van der Waals surface area contributed by atoms with Crippen LogP contribution >= 0.6 is 11.6 Å². The van der Waals surface area contributed by atoms with Gasteiger partial charge in [0.25, 0.3) is 0 Å². The van der Waals surface area contributed by atoms with E-state index in [0.717, 1.165) is 23.4 Å². The van der Waals surface area contributed by atoms with Gasteiger partial charge in [0.05, 0.1) is 16.8 Å². The van der Waals surface area contributed by atoms with E-state index in [2.05, 4.69) is 5.32 Å². The summed E-state index contributed by atoms with van der Waals surface area (Å²) in [5.74, 6) is -0.534. The molecule has 1 N–H and O–H groups in total. The van der Waals surface area contributed by atoms with Gasteiger partial charge in [-0.3, -0.25) is 9.10 Å². The lowest BCUT2D eigenvalue weighted by Gasteiger charge is -2.30. The Bertz CT molecular complexity index is 1180. The van der Waals surface area contributed by atoms with Gasteiger partial charge in [0.2, 0.25) is 26.0 Å². The molecule has 1 heterocycles. The van der Waals surface area contributed by atoms with Crippen molar-refractivity contribution in [1.29, 1.82) is 0 Å². The standard InChI is InChI=1S/C21H26ClN3O5S2/c1-3-20(25(31(2,27)28)18-8-6-7-16(22)15-18)21(26)23-17-9-11-19(12-10-17)32(29,30)24-13-4-5-14-24/h6-12,15,20H,3-5,13-14H2,1-2H3,(H,23,26). The van der Waals surface area contributed by atoms with Crippen LogP contribution in [0.15, 0.2) is 53.4 Å². The molecule has 0 saturated carbocycles. The quantitative estimate of drug-likeness (QED) is 0.600. The second-order valence-electron chi connectivity index (χ2n) is 7.59. The summed E-state index contributed by atoms with van der Waals surface area (Å²) < 4.78 is 52.8. The molecule has 3 rings (SSSR count). The number of hydrogen-bond donors (Lipinski definition) is 1. The third-order valence-corrected chi connectivity index (χ3v) is 8.54. The second-order valence-corrected chi connectivity index (χ2v) is 11.8. The van der Waals surface area contributed by atoms with E-state index in [9.17, 15) is 21.6 Å². The highest BCUT2D eigenvalue weighted by Crippen LogP contribution is 2.27. The molecule has 1 fully saturated rings. The number of carbonyl (C=O) groups is 1. The minimum atomic E-state index is -3.79. The van der Waals surface area contributed by atoms with Gasteiger partial charge in [-0.1, -0.05) is 24.6 Å². The van der Waals surface area contributed by atoms with Crippen molar-refractivity contribution in [2.75, 3.05) is 29.0 Å². The van der Waals surface area contributed by atoms with Gasteiger partial charge in [-0.25, -0.2) is 16.8 Å². The van der Waals surface area contributed by atoms with E-state index in [-0.39, 0.29) is 17.0 Å². The lowest BCUT2D eigenvalue weighted by atomic mass is 10.2. The normalized spacial score (nSPS) is 16.0. The van der Waals surface area contributed by atoms with E-state index in [1.165, 1.54) is 34.6 Å². The minimum Gasteiger partial charge on any atom is -0.324 e. The van der Waals surface area contributed by atoms with Crippen molar-refractivity contribution in [3.8, 4) is 0 Å². The predicted octanol–water partition coefficient (Wildman–Crippen LogP) is 3.31. The fourth-order valence-electron chi connectivity index (χ4n) is 3.69. The molecule has 32 heavy (non-hydrogen) atoms. The van der Waals surface area contributed by atoms with E-state index >= 15 is 0 Å². The van der Waals surface area contributed by atoms with Crippen LogP contribution in [0.4, 0.5) is 11.4 Å². The molecular weight excluding hydrogens is 474 g/mol. The lowest BCUT2D eigenvalue weighted by molar-refractivity contribution is -0.117. The van der Waals surface area contributed by atoms with Crippen LogP contribution in [0.2, 0.25) is 5.02 Å². The molecule has 174 valence electrons. The molecule has 1 aliphatic rings. The number of nitrogens with one attached hydrogen (secondary N) is 1. The van der Waals surface area contributed by atoms with Crippen molar-refractivity contribution in [2.24, 2.45) is 0 Å². The van der Waals surface area contributed by atoms with Gasteiger partial charge in [-0.15, -0.1) is 0 Å². The van der Waals surface area contributed by atoms with Crippen molar-refractivity contribution in [1.82, 2.24) is 4.31 Å². The van der Waals surface area contributed by atoms with Gasteiger partial charge in [0, 0.05) is 23.8 Å². The summed E-state index contributed by atoms with van der Waals surface area (Å²) in [6.07, 6.45) is 2.93. The lowest BCUT2D eigenvalue weighted by Crippen LogP contribution is -2.47. The summed E-state index contributed by atoms with van der Waals surface area (Å²) in [4.78, 5) is 13.2. The Kier molecular flexibility index (Phi) is 7.49. The Balaban J connectivity index is 1.82. The van der Waals surface area contributed by atoms with Gasteiger partial charge < -0.3 is 5.32 Å². The van der Waals surface area contributed by atoms with Gasteiger partial charge in [-0.05, 0) is 61.7 Å². The van der Waals surface area contributed by atoms with Crippen LogP contribution in [0.1, 0.15) is 26.2 Å². The molecule has 0 aromatic heterocycles. The van der Waals surface area contributed by atoms with Crippen molar-refractivity contribution in [3.05, 3.63) is 53.6 Å². The fraction of sp³-hybridized carbons (Fsp3) is 0.381. The molecule has 1 saturated heterocycles. The molecule has 0 radical (unpaired) electrons. The first-order chi connectivity index (χ1) is 15.0. The van der Waals surface area contributed by atoms with Gasteiger partial charge in [0.15, 0.2) is 0 Å². The van der Waals surface area contributed by atoms with Gasteiger partial charge in [-0.2, -0.15) is 4.31 Å². The maximum Gasteiger partial charge on any atom is 0.248 e. The van der Waals surface area contributed by atoms with Crippen LogP contribution in [0.5, 0.6) is 0 Å². The number of sulfonamides is 2. The molecule has 0 aliphatic carbocycles. The van der Waals surface area contributed by atoms with Crippen molar-refractivity contribution >= 4 is 48.9 Å². The highest BCUT2D eigenvalue weighted by atomic mass is 35.5. The Hall–Kier alpha value is -2.14. The Morgan fingerprint density at radius 1 is 1.09 bits per heavy atom. The van der Waals surface area contributed by atoms with E-state index in [4.69, 9.17) is 11.6 Å². The third-order valence-electron chi connectivity index (χ3n) is 5.22. The number of hydrogen-bond acceptors (Lipinski definition) is 5. The molecule has 1 aliphatic heterocycles. The van der Waals surface area contributed by atoms with Gasteiger partial charge in [0.1, 0.15) is 6.04 Å². The molecule has 0 bridgehead atoms. The van der Waals surface area contributed by atoms with E-state index in [1.54, 1.807) is 25.1 Å². The SMILES string of the molecule is CCC(C(=O)Nc1ccc(S(=O)(=O)N2CCCC2)cc1)N(c1cccc(Cl)c1)S(C)(=O)=O. The van der Waals surface area contributed by atoms with Crippen molar-refractivity contribution < 1.29 is 21.6 Å². The summed E-state index contributed by atoms with van der Waals surface area (Å²) in [6, 6.07) is 11.1. The average molecular weight is 500 g/mol. The monoisotopic (exact) mass is 499 g/mol. The topological polar surface area (TPSA) is 104 Å². The summed E-state index contributed by atoms with van der Waals surface area (Å²) in [6.45, 7) is 2.71. The maximum atomic E-state index is 13.0. The smallest absolute Gasteiger partial charge is 0.248 e. The summed E-state index contributed by atoms with van der Waals surface area (Å²) in [5.41, 5.74) is 0.655. The minimum absolute atomic E-state index is 0.154. The van der Waals surface area contributed by atoms with Crippen LogP contribution in [0.25, 0.3) is 0 Å². The zero-order valence-electron chi connectivity index (χ0n) is 17.9. The van der Waals surface area contributed by atoms with Gasteiger partial charge >= 0.3 is 0 Å². The summed E-state index contributed by atoms with van der Waals surface area (Å²) in [7, 11) is -7.35. The number of benzene rings is 2. The summed E-state index contributed by atoms with van der Waals surface area (Å²) >= 11 is 6.02. The molecule has 1 amide bonds. The first-order valence-corrected chi connectivity index (χ1v) is 13.9. The number of carbonyl (C=O) groups excluding carboxylic acids is 1. The summed E-state index contributed by atoms with van der Waals surface area (Å²) in [5, 5.41) is 3.04. The predicted molar refractivity (Wildman–Crippen MR) is 126 cm³/mol. The van der Waals surface area contributed by atoms with Crippen LogP contribution in [0, 0.1) is 0 Å². The van der Waals surface area contributed by atoms with E-state index < -0.39 is 32.0 Å². The van der Waals surface area contributed by atoms with Crippen LogP contribution in [-0.4, -0.2) is 52.4 Å². The van der Waals surface area contributed by atoms with E-state index in [0.29, 0.717) is 23.8 Å². The number of anilines is 2. The number of rotatable bonds is 8. The largest absolute Gasteiger partial charge is 0.324 e. The second kappa shape index (κ2) is 9.78. The molecule has 2 aromatic rings. The first-order valence-electron chi connectivity index (χ1n) is 10.2. The molecule has 8 nitrogen and oxygen atoms in total. The highest BCUT2D eigenvalue weighted by Gasteiger charge is 2.32. The molecule has 11 heteroatoms. The Morgan fingerprint density at radius 3 is 2.25 bits per heavy atom. The Labute approximate surface area is 194 Å². The first kappa shape index (κ1) is 24.5. The highest BCUT2D eigenvalue weighted by molar-refractivity contribution is 7.92. The van der Waals surface area contributed by atoms with Crippen LogP contribution < -0.4 is 9.62 Å². The zero-order valence-corrected chi connectivity index (χ0v) is 20.3.